The van der Waals surface area contributed by atoms with Crippen molar-refractivity contribution < 1.29 is 118 Å². The quantitative estimate of drug-likeness (QED) is 0.0706. The van der Waals surface area contributed by atoms with E-state index in [9.17, 15) is 60.7 Å². The van der Waals surface area contributed by atoms with Crippen molar-refractivity contribution in [3.05, 3.63) is 231 Å². The van der Waals surface area contributed by atoms with Gasteiger partial charge < -0.3 is 117 Å². The fraction of sp³-hybridized carbons (Fsp3) is 0.210. The summed E-state index contributed by atoms with van der Waals surface area (Å²) in [6.07, 6.45) is -8.92. The number of carbonyl (C=O) groups is 8. The van der Waals surface area contributed by atoms with Gasteiger partial charge in [0.2, 0.25) is 47.1 Å². The first kappa shape index (κ1) is 78.5. The Morgan fingerprint density at radius 3 is 1.88 bits per heavy atom. The van der Waals surface area contributed by atoms with Crippen LogP contribution in [0.3, 0.4) is 0 Å². The van der Waals surface area contributed by atoms with Crippen molar-refractivity contribution in [2.45, 2.75) is 99.0 Å². The smallest absolute Gasteiger partial charge is 0.330 e. The van der Waals surface area contributed by atoms with Crippen molar-refractivity contribution in [1.82, 2.24) is 52.2 Å². The molecule has 34 nitrogen and oxygen atoms in total. The molecule has 0 saturated carbocycles. The van der Waals surface area contributed by atoms with Crippen LogP contribution in [-0.2, 0) is 60.9 Å². The lowest BCUT2D eigenvalue weighted by Crippen LogP contribution is -2.65. The fourth-order valence-corrected chi connectivity index (χ4v) is 14.8. The van der Waals surface area contributed by atoms with Crippen molar-refractivity contribution in [3.8, 4) is 97.0 Å². The summed E-state index contributed by atoms with van der Waals surface area (Å²) in [6.45, 7) is -0.141. The number of carbonyl (C=O) groups excluding carboxylic acids is 7. The third-order valence-corrected chi connectivity index (χ3v) is 20.6. The van der Waals surface area contributed by atoms with Crippen LogP contribution in [0.4, 0.5) is 0 Å². The molecule has 7 amide bonds. The average molecular weight is 1640 g/mol. The van der Waals surface area contributed by atoms with Crippen LogP contribution < -0.4 is 56.2 Å². The number of carboxylic acids is 1. The first-order chi connectivity index (χ1) is 56.1. The Morgan fingerprint density at radius 1 is 0.573 bits per heavy atom. The van der Waals surface area contributed by atoms with Gasteiger partial charge in [-0.05, 0) is 136 Å². The Morgan fingerprint density at radius 2 is 1.20 bits per heavy atom. The maximum atomic E-state index is 16.4. The third-order valence-electron chi connectivity index (χ3n) is 20.0. The molecule has 1 fully saturated rings. The first-order valence-electron chi connectivity index (χ1n) is 35.9. The minimum atomic E-state index is -2.41. The van der Waals surface area contributed by atoms with Crippen molar-refractivity contribution in [2.75, 3.05) is 6.61 Å². The number of ether oxygens (including phenoxy) is 6. The van der Waals surface area contributed by atoms with Crippen LogP contribution in [0, 0.1) is 0 Å². The zero-order chi connectivity index (χ0) is 82.5. The molecule has 7 aliphatic heterocycles. The van der Waals surface area contributed by atoms with Gasteiger partial charge in [-0.3, -0.25) is 33.6 Å². The number of fused-ring (bicyclic) bond motifs is 14. The Hall–Kier alpha value is -13.7. The number of aromatic hydroxyl groups is 6. The Labute approximate surface area is 670 Å². The van der Waals surface area contributed by atoms with Crippen LogP contribution in [-0.4, -0.2) is 163 Å². The summed E-state index contributed by atoms with van der Waals surface area (Å²) in [4.78, 5) is 122. The van der Waals surface area contributed by atoms with Crippen LogP contribution >= 0.6 is 23.2 Å². The van der Waals surface area contributed by atoms with Gasteiger partial charge >= 0.3 is 5.97 Å². The number of aliphatic hydroxyl groups excluding tert-OH is 3. The Kier molecular flexibility index (Phi) is 21.7. The molecule has 8 heterocycles. The minimum absolute atomic E-state index is 0.0996. The van der Waals surface area contributed by atoms with E-state index in [4.69, 9.17) is 51.6 Å². The summed E-state index contributed by atoms with van der Waals surface area (Å²) in [6, 6.07) is 21.8. The fourth-order valence-electron chi connectivity index (χ4n) is 14.4. The molecule has 1 saturated heterocycles. The highest BCUT2D eigenvalue weighted by Gasteiger charge is 2.49. The van der Waals surface area contributed by atoms with Crippen molar-refractivity contribution in [2.24, 2.45) is 0 Å². The van der Waals surface area contributed by atoms with Crippen LogP contribution in [0.15, 0.2) is 176 Å². The number of hydrogen-bond donors (Lipinski definition) is 17. The molecule has 9 aromatic carbocycles. The van der Waals surface area contributed by atoms with E-state index >= 15 is 28.8 Å². The van der Waals surface area contributed by atoms with Crippen LogP contribution in [0.5, 0.6) is 74.7 Å². The van der Waals surface area contributed by atoms with Crippen molar-refractivity contribution in [3.63, 3.8) is 0 Å². The molecule has 0 spiro atoms. The van der Waals surface area contributed by atoms with Gasteiger partial charge in [-0.15, -0.1) is 5.10 Å². The van der Waals surface area contributed by atoms with Gasteiger partial charge in [0.25, 0.3) is 0 Å². The van der Waals surface area contributed by atoms with E-state index in [2.05, 4.69) is 47.5 Å². The van der Waals surface area contributed by atoms with Gasteiger partial charge in [-0.2, -0.15) is 0 Å². The standard InChI is InChI=1S/C81H68Cl2N10O24/c1-34(95)84-67-72(103)71(102)61(32-94)116-81(67)117-73-40-12-18-57(51(83)24-40)115-60-27-42-26-59(70(60)101)114-56-17-7-35(19-50(56)82)20-52-74(104)86-64(76(106)88-65(42)77(107)87-63-38-10-15-53(98)48(23-38)62-49(29-45(97)30-55(62)100)66(80(110)111)89-78(108)68(73)90-75(63)105)41-21-44(96)28-47(22-41)113-58-25-39(11-16-54(58)99)69(79(109)85-52)93-31-43(91-92-93)33-112-46-13-8-37(9-14-46)36-5-3-2-4-6-36/h2-19,21-31,52,61,63-69,71-73,81,94,96-103H,20,32-33H2,1H3,(H,84,95)(H,85,109)(H,86,104)(H,87,107)(H,88,106)(H,89,108)(H,90,105)(H,110,111)/t52-,61-,63-,64+,65-,66-,67-,68+,69+,71-,72-,73-,81+/m1/s1. The van der Waals surface area contributed by atoms with Crippen LogP contribution in [0.1, 0.15) is 87.9 Å². The molecule has 117 heavy (non-hydrogen) atoms. The molecule has 600 valence electrons. The zero-order valence-corrected chi connectivity index (χ0v) is 62.2. The van der Waals surface area contributed by atoms with Gasteiger partial charge in [0.1, 0.15) is 119 Å². The summed E-state index contributed by atoms with van der Waals surface area (Å²) >= 11 is 14.3. The number of carboxylic acid groups (broad SMARTS) is 1. The minimum Gasteiger partial charge on any atom is -0.508 e. The Balaban J connectivity index is 0.880. The molecule has 17 rings (SSSR count). The molecular formula is C81H68Cl2N10O24. The lowest BCUT2D eigenvalue weighted by Gasteiger charge is -2.44. The van der Waals surface area contributed by atoms with Gasteiger partial charge in [-0.1, -0.05) is 95.1 Å². The third kappa shape index (κ3) is 16.2. The lowest BCUT2D eigenvalue weighted by atomic mass is 9.89. The summed E-state index contributed by atoms with van der Waals surface area (Å²) in [5, 5.41) is 140. The molecule has 0 radical (unpaired) electrons. The van der Waals surface area contributed by atoms with Crippen molar-refractivity contribution >= 4 is 70.5 Å². The highest BCUT2D eigenvalue weighted by molar-refractivity contribution is 6.32. The largest absolute Gasteiger partial charge is 0.508 e. The highest BCUT2D eigenvalue weighted by atomic mass is 35.5. The molecule has 17 N–H and O–H groups in total. The first-order valence-corrected chi connectivity index (χ1v) is 36.7. The SMILES string of the molecule is CC(=O)N[C@H]1[C@H](O[C@@H]2c3ccc(c(Cl)c3)Oc3cc4cc(c3O)Oc3ccc(cc3Cl)C[C@H]3NC(=O)[C@@H](n5cc(COc6ccc(-c7ccccc7)cc6)nn5)c5ccc(O)c(c5)Oc5cc(O)cc(c5)[C@H](NC3=O)C(=O)N[C@H]4C(=O)N[C@H]3C(=O)N[C@@H]2C(=O)N[C@@H](C(=O)O)c2cc(O)cc(O)c2-c2cc3ccc2O)O[C@H](CO)[C@@H](O)[C@@H]1O. The zero-order valence-electron chi connectivity index (χ0n) is 60.7. The predicted molar refractivity (Wildman–Crippen MR) is 407 cm³/mol. The maximum Gasteiger partial charge on any atom is 0.330 e. The summed E-state index contributed by atoms with van der Waals surface area (Å²) in [7, 11) is 0. The second-order valence-corrected chi connectivity index (χ2v) is 28.8. The molecular weight excluding hydrogens is 1570 g/mol. The van der Waals surface area contributed by atoms with E-state index in [-0.39, 0.29) is 68.1 Å². The van der Waals surface area contributed by atoms with Gasteiger partial charge in [0, 0.05) is 42.2 Å². The van der Waals surface area contributed by atoms with E-state index < -0.39 is 213 Å². The highest BCUT2D eigenvalue weighted by Crippen LogP contribution is 2.49. The normalized spacial score (nSPS) is 23.1. The molecule has 7 aliphatic rings. The number of benzene rings is 9. The van der Waals surface area contributed by atoms with Crippen molar-refractivity contribution in [1.29, 1.82) is 0 Å². The van der Waals surface area contributed by atoms with Gasteiger partial charge in [0.05, 0.1) is 22.8 Å². The number of aromatic nitrogens is 3. The number of phenols is 6. The molecule has 10 aromatic rings. The number of hydrogen-bond acceptors (Lipinski definition) is 25. The second-order valence-electron chi connectivity index (χ2n) is 27.9. The topological polar surface area (TPSA) is 509 Å². The summed E-state index contributed by atoms with van der Waals surface area (Å²) < 4.78 is 38.9. The molecule has 36 heteroatoms. The number of nitrogens with one attached hydrogen (secondary N) is 7. The van der Waals surface area contributed by atoms with Gasteiger partial charge in [-0.25, -0.2) is 9.48 Å². The van der Waals surface area contributed by atoms with Crippen LogP contribution in [0.2, 0.25) is 10.0 Å². The number of phenolic OH excluding ortho intramolecular Hbond substituents is 6. The van der Waals surface area contributed by atoms with E-state index in [1.807, 2.05) is 42.5 Å². The lowest BCUT2D eigenvalue weighted by molar-refractivity contribution is -0.284. The maximum absolute atomic E-state index is 16.4. The van der Waals surface area contributed by atoms with E-state index in [0.717, 1.165) is 84.8 Å². The summed E-state index contributed by atoms with van der Waals surface area (Å²) in [5.41, 5.74) is -0.587. The monoisotopic (exact) mass is 1630 g/mol. The van der Waals surface area contributed by atoms with E-state index in [0.29, 0.717) is 5.75 Å². The second kappa shape index (κ2) is 32.3. The number of rotatable bonds is 10. The molecule has 17 bridgehead atoms. The number of aliphatic hydroxyl groups is 3. The van der Waals surface area contributed by atoms with E-state index in [1.54, 1.807) is 12.1 Å². The molecule has 13 atom stereocenters. The van der Waals surface area contributed by atoms with Crippen LogP contribution in [0.25, 0.3) is 22.3 Å². The average Bonchev–Trinajstić information content (AvgIpc) is 0.996. The number of aliphatic carboxylic acids is 1. The van der Waals surface area contributed by atoms with Gasteiger partial charge in [0.15, 0.2) is 41.4 Å². The number of amides is 7. The Bertz CT molecular complexity index is 5660. The van der Waals surface area contributed by atoms with E-state index in [1.165, 1.54) is 59.4 Å². The summed E-state index contributed by atoms with van der Waals surface area (Å²) in [5.74, 6) is -16.9. The predicted octanol–water partition coefficient (Wildman–Crippen LogP) is 6.38. The molecule has 1 aromatic heterocycles. The number of halogens is 2. The number of nitrogens with zero attached hydrogens (tertiary/aromatic N) is 3. The molecule has 0 unspecified atom stereocenters. The molecule has 0 aliphatic carbocycles.